The minimum atomic E-state index is -0.809. The summed E-state index contributed by atoms with van der Waals surface area (Å²) in [5.74, 6) is -0.989. The summed E-state index contributed by atoms with van der Waals surface area (Å²) in [5, 5.41) is 0. The smallest absolute Gasteiger partial charge is 0.306 e. The van der Waals surface area contributed by atoms with Crippen LogP contribution in [0.1, 0.15) is 239 Å². The Hall–Kier alpha value is -3.41. The molecule has 0 N–H and O–H groups in total. The second-order valence-corrected chi connectivity index (χ2v) is 17.2. The van der Waals surface area contributed by atoms with Gasteiger partial charge in [0.2, 0.25) is 0 Å². The van der Waals surface area contributed by atoms with E-state index in [1.165, 1.54) is 141 Å². The first-order valence-corrected chi connectivity index (χ1v) is 26.2. The summed E-state index contributed by atoms with van der Waals surface area (Å²) in [6.07, 6.45) is 65.7. The summed E-state index contributed by atoms with van der Waals surface area (Å²) in [7, 11) is 0. The van der Waals surface area contributed by atoms with E-state index in [0.717, 1.165) is 51.4 Å². The van der Waals surface area contributed by atoms with Crippen LogP contribution >= 0.6 is 0 Å². The highest BCUT2D eigenvalue weighted by Gasteiger charge is 2.19. The van der Waals surface area contributed by atoms with Crippen LogP contribution in [0.3, 0.4) is 0 Å². The zero-order valence-corrected chi connectivity index (χ0v) is 41.1. The molecule has 0 spiro atoms. The predicted molar refractivity (Wildman–Crippen MR) is 270 cm³/mol. The normalized spacial score (nSPS) is 12.7. The topological polar surface area (TPSA) is 78.9 Å². The lowest BCUT2D eigenvalue weighted by Crippen LogP contribution is -2.30. The third kappa shape index (κ3) is 49.5. The van der Waals surface area contributed by atoms with Crippen LogP contribution in [0, 0.1) is 0 Å². The van der Waals surface area contributed by atoms with Crippen LogP contribution in [-0.4, -0.2) is 37.2 Å². The Kier molecular flexibility index (Phi) is 48.5. The van der Waals surface area contributed by atoms with Gasteiger partial charge < -0.3 is 14.2 Å². The number of carbonyl (C=O) groups is 3. The fourth-order valence-corrected chi connectivity index (χ4v) is 7.05. The number of allylic oxidation sites excluding steroid dienone is 14. The molecule has 0 aliphatic carbocycles. The molecule has 0 bridgehead atoms. The second-order valence-electron chi connectivity index (χ2n) is 17.2. The Morgan fingerprint density at radius 2 is 0.651 bits per heavy atom. The van der Waals surface area contributed by atoms with Gasteiger partial charge in [-0.2, -0.15) is 0 Å². The summed E-state index contributed by atoms with van der Waals surface area (Å²) < 4.78 is 16.7. The lowest BCUT2D eigenvalue weighted by atomic mass is 10.1. The molecular formula is C57H96O6. The van der Waals surface area contributed by atoms with E-state index in [1.807, 2.05) is 54.7 Å². The summed E-state index contributed by atoms with van der Waals surface area (Å²) >= 11 is 0. The predicted octanol–water partition coefficient (Wildman–Crippen LogP) is 17.2. The van der Waals surface area contributed by atoms with Gasteiger partial charge in [-0.3, -0.25) is 14.4 Å². The summed E-state index contributed by atoms with van der Waals surface area (Å²) in [5.41, 5.74) is 0. The number of carbonyl (C=O) groups excluding carboxylic acids is 3. The van der Waals surface area contributed by atoms with Crippen molar-refractivity contribution in [2.75, 3.05) is 13.2 Å². The van der Waals surface area contributed by atoms with Crippen molar-refractivity contribution in [3.63, 3.8) is 0 Å². The average molecular weight is 877 g/mol. The number of hydrogen-bond acceptors (Lipinski definition) is 6. The zero-order chi connectivity index (χ0) is 45.8. The molecule has 1 unspecified atom stereocenters. The molecule has 0 fully saturated rings. The van der Waals surface area contributed by atoms with Gasteiger partial charge >= 0.3 is 17.9 Å². The van der Waals surface area contributed by atoms with Crippen molar-refractivity contribution >= 4 is 17.9 Å². The summed E-state index contributed by atoms with van der Waals surface area (Å²) in [4.78, 5) is 38.0. The Balaban J connectivity index is 4.47. The molecule has 0 aromatic rings. The maximum absolute atomic E-state index is 12.8. The molecule has 0 radical (unpaired) electrons. The van der Waals surface area contributed by atoms with Crippen molar-refractivity contribution < 1.29 is 28.6 Å². The number of hydrogen-bond donors (Lipinski definition) is 0. The van der Waals surface area contributed by atoms with Crippen LogP contribution in [0.15, 0.2) is 85.1 Å². The van der Waals surface area contributed by atoms with Gasteiger partial charge in [0.15, 0.2) is 6.10 Å². The quantitative estimate of drug-likeness (QED) is 0.0199. The second kappa shape index (κ2) is 51.2. The SMILES string of the molecule is CC\C=C/C=C\C=C/C=C\C=C/CCCC(=O)OCC(COC(=O)CCCCCCCCC/C=C\CCCCCCCC)OC(=O)CCCCCCCCC/C=C\CCCCCC. The molecule has 0 aromatic carbocycles. The molecule has 0 aromatic heterocycles. The molecule has 0 heterocycles. The Morgan fingerprint density at radius 1 is 0.333 bits per heavy atom. The van der Waals surface area contributed by atoms with Crippen LogP contribution in [0.5, 0.6) is 0 Å². The molecule has 1 atom stereocenters. The zero-order valence-electron chi connectivity index (χ0n) is 41.1. The lowest BCUT2D eigenvalue weighted by Gasteiger charge is -2.18. The number of ether oxygens (including phenoxy) is 3. The molecule has 0 amide bonds. The summed E-state index contributed by atoms with van der Waals surface area (Å²) in [6, 6.07) is 0. The molecule has 6 nitrogen and oxygen atoms in total. The maximum atomic E-state index is 12.8. The van der Waals surface area contributed by atoms with E-state index in [0.29, 0.717) is 19.3 Å². The molecule has 0 saturated heterocycles. The van der Waals surface area contributed by atoms with Gasteiger partial charge in [0.1, 0.15) is 13.2 Å². The van der Waals surface area contributed by atoms with Crippen molar-refractivity contribution in [1.82, 2.24) is 0 Å². The molecule has 0 saturated carbocycles. The molecule has 0 aliphatic heterocycles. The first-order chi connectivity index (χ1) is 31.0. The lowest BCUT2D eigenvalue weighted by molar-refractivity contribution is -0.167. The Labute approximate surface area is 388 Å². The fraction of sp³-hybridized carbons (Fsp3) is 0.702. The highest BCUT2D eigenvalue weighted by atomic mass is 16.6. The minimum absolute atomic E-state index is 0.103. The van der Waals surface area contributed by atoms with Crippen LogP contribution in [-0.2, 0) is 28.6 Å². The van der Waals surface area contributed by atoms with E-state index in [-0.39, 0.29) is 37.5 Å². The van der Waals surface area contributed by atoms with Crippen molar-refractivity contribution in [2.24, 2.45) is 0 Å². The number of esters is 3. The van der Waals surface area contributed by atoms with Gasteiger partial charge in [-0.1, -0.05) is 221 Å². The van der Waals surface area contributed by atoms with Gasteiger partial charge in [-0.05, 0) is 83.5 Å². The first kappa shape index (κ1) is 59.6. The van der Waals surface area contributed by atoms with Crippen molar-refractivity contribution in [2.45, 2.75) is 245 Å². The highest BCUT2D eigenvalue weighted by molar-refractivity contribution is 5.71. The van der Waals surface area contributed by atoms with Gasteiger partial charge in [0.05, 0.1) is 0 Å². The Bertz CT molecular complexity index is 1240. The van der Waals surface area contributed by atoms with Crippen molar-refractivity contribution in [1.29, 1.82) is 0 Å². The van der Waals surface area contributed by atoms with E-state index < -0.39 is 6.10 Å². The summed E-state index contributed by atoms with van der Waals surface area (Å²) in [6.45, 7) is 6.41. The van der Waals surface area contributed by atoms with Crippen molar-refractivity contribution in [3.05, 3.63) is 85.1 Å². The van der Waals surface area contributed by atoms with Crippen LogP contribution in [0.4, 0.5) is 0 Å². The Morgan fingerprint density at radius 3 is 1.08 bits per heavy atom. The molecule has 360 valence electrons. The largest absolute Gasteiger partial charge is 0.462 e. The maximum Gasteiger partial charge on any atom is 0.306 e. The van der Waals surface area contributed by atoms with Crippen LogP contribution in [0.2, 0.25) is 0 Å². The van der Waals surface area contributed by atoms with Gasteiger partial charge in [0, 0.05) is 19.3 Å². The molecule has 0 rings (SSSR count). The standard InChI is InChI=1S/C57H96O6/c1-4-7-10-13-16-19-22-25-27-28-30-32-35-38-41-44-47-50-56(59)62-53-54(52-61-55(58)49-46-43-40-37-34-31-24-21-18-15-12-9-6-3)63-57(60)51-48-45-42-39-36-33-29-26-23-20-17-14-11-8-5-2/h9,12,15,18,20-21,23-25,27,31,34,37,40,54H,4-8,10-11,13-14,16-17,19,22,26,28-30,32-33,35-36,38-39,41-53H2,1-3H3/b12-9-,18-15-,23-20-,24-21-,27-25-,34-31-,40-37-. The average Bonchev–Trinajstić information content (AvgIpc) is 3.28. The van der Waals surface area contributed by atoms with Crippen LogP contribution in [0.25, 0.3) is 0 Å². The third-order valence-electron chi connectivity index (χ3n) is 11.0. The van der Waals surface area contributed by atoms with Crippen molar-refractivity contribution in [3.8, 4) is 0 Å². The third-order valence-corrected chi connectivity index (χ3v) is 11.0. The van der Waals surface area contributed by atoms with E-state index in [2.05, 4.69) is 51.2 Å². The van der Waals surface area contributed by atoms with E-state index >= 15 is 0 Å². The van der Waals surface area contributed by atoms with Crippen LogP contribution < -0.4 is 0 Å². The molecule has 6 heteroatoms. The molecule has 63 heavy (non-hydrogen) atoms. The van der Waals surface area contributed by atoms with E-state index in [1.54, 1.807) is 0 Å². The molecular weight excluding hydrogens is 781 g/mol. The number of rotatable bonds is 46. The first-order valence-electron chi connectivity index (χ1n) is 26.2. The minimum Gasteiger partial charge on any atom is -0.462 e. The monoisotopic (exact) mass is 877 g/mol. The molecule has 0 aliphatic rings. The number of unbranched alkanes of at least 4 members (excludes halogenated alkanes) is 25. The van der Waals surface area contributed by atoms with E-state index in [9.17, 15) is 14.4 Å². The fourth-order valence-electron chi connectivity index (χ4n) is 7.05. The van der Waals surface area contributed by atoms with E-state index in [4.69, 9.17) is 14.2 Å². The van der Waals surface area contributed by atoms with Gasteiger partial charge in [-0.25, -0.2) is 0 Å². The highest BCUT2D eigenvalue weighted by Crippen LogP contribution is 2.14. The van der Waals surface area contributed by atoms with Gasteiger partial charge in [-0.15, -0.1) is 0 Å². The van der Waals surface area contributed by atoms with Gasteiger partial charge in [0.25, 0.3) is 0 Å².